The number of benzene rings is 1. The minimum absolute atomic E-state index is 0.439. The standard InChI is InChI=1S/C13H20N2O/c1-9-4-5-11(16)12-10(6-7-15(2)3)8-14-13(9)12/h4-5,10,14,16H,6-8H2,1-3H3/t10-/m0/s1. The number of rotatable bonds is 3. The van der Waals surface area contributed by atoms with Crippen molar-refractivity contribution in [1.82, 2.24) is 4.90 Å². The largest absolute Gasteiger partial charge is 0.508 e. The molecule has 1 aliphatic heterocycles. The quantitative estimate of drug-likeness (QED) is 0.819. The summed E-state index contributed by atoms with van der Waals surface area (Å²) in [5.74, 6) is 0.881. The Morgan fingerprint density at radius 2 is 2.19 bits per heavy atom. The number of hydrogen-bond acceptors (Lipinski definition) is 3. The highest BCUT2D eigenvalue weighted by molar-refractivity contribution is 5.67. The lowest BCUT2D eigenvalue weighted by atomic mass is 9.95. The van der Waals surface area contributed by atoms with E-state index in [9.17, 15) is 5.11 Å². The molecule has 0 radical (unpaired) electrons. The van der Waals surface area contributed by atoms with Gasteiger partial charge in [0.15, 0.2) is 0 Å². The molecular weight excluding hydrogens is 200 g/mol. The number of anilines is 1. The summed E-state index contributed by atoms with van der Waals surface area (Å²) in [6.07, 6.45) is 1.09. The van der Waals surface area contributed by atoms with Crippen LogP contribution in [0.2, 0.25) is 0 Å². The predicted octanol–water partition coefficient (Wildman–Crippen LogP) is 2.16. The van der Waals surface area contributed by atoms with E-state index in [0.29, 0.717) is 11.7 Å². The minimum atomic E-state index is 0.439. The smallest absolute Gasteiger partial charge is 0.121 e. The molecule has 3 nitrogen and oxygen atoms in total. The zero-order valence-electron chi connectivity index (χ0n) is 10.2. The summed E-state index contributed by atoms with van der Waals surface area (Å²) in [4.78, 5) is 2.19. The van der Waals surface area contributed by atoms with Crippen molar-refractivity contribution in [1.29, 1.82) is 0 Å². The summed E-state index contributed by atoms with van der Waals surface area (Å²) < 4.78 is 0. The fraction of sp³-hybridized carbons (Fsp3) is 0.538. The second-order valence-electron chi connectivity index (χ2n) is 4.86. The Hall–Kier alpha value is -1.22. The highest BCUT2D eigenvalue weighted by atomic mass is 16.3. The number of phenols is 1. The molecule has 0 amide bonds. The number of fused-ring (bicyclic) bond motifs is 1. The third kappa shape index (κ3) is 2.00. The predicted molar refractivity (Wildman–Crippen MR) is 67.2 cm³/mol. The molecule has 88 valence electrons. The van der Waals surface area contributed by atoms with Crippen LogP contribution in [0.5, 0.6) is 5.75 Å². The van der Waals surface area contributed by atoms with Gasteiger partial charge in [0.05, 0.1) is 0 Å². The van der Waals surface area contributed by atoms with E-state index in [1.807, 2.05) is 12.1 Å². The summed E-state index contributed by atoms with van der Waals surface area (Å²) in [5.41, 5.74) is 3.48. The molecule has 0 bridgehead atoms. The third-order valence-electron chi connectivity index (χ3n) is 3.29. The van der Waals surface area contributed by atoms with E-state index in [0.717, 1.165) is 30.8 Å². The van der Waals surface area contributed by atoms with Gasteiger partial charge < -0.3 is 15.3 Å². The molecule has 0 unspecified atom stereocenters. The van der Waals surface area contributed by atoms with Crippen molar-refractivity contribution in [3.8, 4) is 5.75 Å². The Morgan fingerprint density at radius 3 is 2.88 bits per heavy atom. The van der Waals surface area contributed by atoms with Gasteiger partial charge in [-0.1, -0.05) is 6.07 Å². The topological polar surface area (TPSA) is 35.5 Å². The number of phenolic OH excluding ortho intramolecular Hbond substituents is 1. The fourth-order valence-corrected chi connectivity index (χ4v) is 2.35. The molecular formula is C13H20N2O. The molecule has 1 aromatic carbocycles. The Morgan fingerprint density at radius 1 is 1.44 bits per heavy atom. The average molecular weight is 220 g/mol. The molecule has 1 heterocycles. The van der Waals surface area contributed by atoms with E-state index in [4.69, 9.17) is 0 Å². The number of hydrogen-bond donors (Lipinski definition) is 2. The second kappa shape index (κ2) is 4.34. The van der Waals surface area contributed by atoms with Crippen LogP contribution in [0.4, 0.5) is 5.69 Å². The maximum atomic E-state index is 9.94. The van der Waals surface area contributed by atoms with Gasteiger partial charge in [-0.3, -0.25) is 0 Å². The lowest BCUT2D eigenvalue weighted by Gasteiger charge is -2.15. The summed E-state index contributed by atoms with van der Waals surface area (Å²) in [5, 5.41) is 13.3. The number of aromatic hydroxyl groups is 1. The SMILES string of the molecule is Cc1ccc(O)c2c1NC[C@@H]2CCN(C)C. The highest BCUT2D eigenvalue weighted by Gasteiger charge is 2.26. The van der Waals surface area contributed by atoms with E-state index >= 15 is 0 Å². The van der Waals surface area contributed by atoms with Crippen molar-refractivity contribution < 1.29 is 5.11 Å². The van der Waals surface area contributed by atoms with Crippen LogP contribution in [0.1, 0.15) is 23.5 Å². The molecule has 0 aliphatic carbocycles. The number of aryl methyl sites for hydroxylation is 1. The van der Waals surface area contributed by atoms with Gasteiger partial charge in [-0.05, 0) is 45.6 Å². The average Bonchev–Trinajstić information content (AvgIpc) is 2.65. The highest BCUT2D eigenvalue weighted by Crippen LogP contribution is 2.41. The third-order valence-corrected chi connectivity index (χ3v) is 3.29. The van der Waals surface area contributed by atoms with E-state index in [-0.39, 0.29) is 0 Å². The van der Waals surface area contributed by atoms with Gasteiger partial charge in [-0.2, -0.15) is 0 Å². The first kappa shape index (κ1) is 11.3. The monoisotopic (exact) mass is 220 g/mol. The minimum Gasteiger partial charge on any atom is -0.508 e. The van der Waals surface area contributed by atoms with Crippen molar-refractivity contribution >= 4 is 5.69 Å². The van der Waals surface area contributed by atoms with Crippen LogP contribution in [0.15, 0.2) is 12.1 Å². The molecule has 0 fully saturated rings. The normalized spacial score (nSPS) is 18.6. The zero-order valence-corrected chi connectivity index (χ0v) is 10.2. The Kier molecular flexibility index (Phi) is 3.06. The van der Waals surface area contributed by atoms with Crippen LogP contribution >= 0.6 is 0 Å². The number of nitrogens with one attached hydrogen (secondary N) is 1. The molecule has 1 atom stereocenters. The summed E-state index contributed by atoms with van der Waals surface area (Å²) >= 11 is 0. The molecule has 1 aliphatic rings. The van der Waals surface area contributed by atoms with E-state index < -0.39 is 0 Å². The van der Waals surface area contributed by atoms with Gasteiger partial charge >= 0.3 is 0 Å². The maximum Gasteiger partial charge on any atom is 0.121 e. The van der Waals surface area contributed by atoms with Crippen molar-refractivity contribution in [2.45, 2.75) is 19.3 Å². The molecule has 0 saturated heterocycles. The Labute approximate surface area is 97.1 Å². The van der Waals surface area contributed by atoms with Crippen LogP contribution < -0.4 is 5.32 Å². The van der Waals surface area contributed by atoms with Crippen LogP contribution in [0.25, 0.3) is 0 Å². The summed E-state index contributed by atoms with van der Waals surface area (Å²) in [6.45, 7) is 4.08. The van der Waals surface area contributed by atoms with Crippen molar-refractivity contribution in [3.05, 3.63) is 23.3 Å². The van der Waals surface area contributed by atoms with Crippen molar-refractivity contribution in [2.75, 3.05) is 32.5 Å². The molecule has 0 saturated carbocycles. The van der Waals surface area contributed by atoms with Crippen molar-refractivity contribution in [2.24, 2.45) is 0 Å². The molecule has 2 N–H and O–H groups in total. The second-order valence-corrected chi connectivity index (χ2v) is 4.86. The summed E-state index contributed by atoms with van der Waals surface area (Å²) in [6, 6.07) is 3.78. The molecule has 2 rings (SSSR count). The fourth-order valence-electron chi connectivity index (χ4n) is 2.35. The number of nitrogens with zero attached hydrogens (tertiary/aromatic N) is 1. The van der Waals surface area contributed by atoms with Gasteiger partial charge in [0.1, 0.15) is 5.75 Å². The first-order valence-electron chi connectivity index (χ1n) is 5.80. The van der Waals surface area contributed by atoms with Crippen LogP contribution in [-0.4, -0.2) is 37.2 Å². The summed E-state index contributed by atoms with van der Waals surface area (Å²) in [7, 11) is 4.17. The molecule has 16 heavy (non-hydrogen) atoms. The first-order valence-corrected chi connectivity index (χ1v) is 5.80. The van der Waals surface area contributed by atoms with Gasteiger partial charge in [-0.25, -0.2) is 0 Å². The van der Waals surface area contributed by atoms with E-state index in [1.54, 1.807) is 0 Å². The van der Waals surface area contributed by atoms with Gasteiger partial charge in [-0.15, -0.1) is 0 Å². The van der Waals surface area contributed by atoms with Crippen LogP contribution in [0.3, 0.4) is 0 Å². The van der Waals surface area contributed by atoms with Gasteiger partial charge in [0, 0.05) is 23.7 Å². The lowest BCUT2D eigenvalue weighted by Crippen LogP contribution is -2.16. The van der Waals surface area contributed by atoms with Crippen molar-refractivity contribution in [3.63, 3.8) is 0 Å². The van der Waals surface area contributed by atoms with Gasteiger partial charge in [0.25, 0.3) is 0 Å². The molecule has 1 aromatic rings. The first-order chi connectivity index (χ1) is 7.59. The molecule has 0 aromatic heterocycles. The zero-order chi connectivity index (χ0) is 11.7. The molecule has 3 heteroatoms. The molecule has 0 spiro atoms. The van der Waals surface area contributed by atoms with Gasteiger partial charge in [0.2, 0.25) is 0 Å². The van der Waals surface area contributed by atoms with Crippen LogP contribution in [-0.2, 0) is 0 Å². The lowest BCUT2D eigenvalue weighted by molar-refractivity contribution is 0.382. The van der Waals surface area contributed by atoms with E-state index in [2.05, 4.69) is 31.2 Å². The van der Waals surface area contributed by atoms with E-state index in [1.165, 1.54) is 5.56 Å². The maximum absolute atomic E-state index is 9.94. The van der Waals surface area contributed by atoms with Crippen LogP contribution in [0, 0.1) is 6.92 Å². The Balaban J connectivity index is 2.22. The Bertz CT molecular complexity index is 388.